The van der Waals surface area contributed by atoms with Crippen LogP contribution in [0.4, 0.5) is 32.3 Å². The number of halogens is 6. The van der Waals surface area contributed by atoms with Crippen LogP contribution in [0.25, 0.3) is 0 Å². The van der Waals surface area contributed by atoms with E-state index in [1.807, 2.05) is 18.7 Å². The average Bonchev–Trinajstić information content (AvgIpc) is 3.43. The maximum absolute atomic E-state index is 13.3. The first-order valence-corrected chi connectivity index (χ1v) is 14.8. The zero-order chi connectivity index (χ0) is 30.4. The summed E-state index contributed by atoms with van der Waals surface area (Å²) in [5.41, 5.74) is -6.79. The molecule has 0 bridgehead atoms. The van der Waals surface area contributed by atoms with Crippen molar-refractivity contribution in [3.8, 4) is 0 Å². The predicted octanol–water partition coefficient (Wildman–Crippen LogP) is 2.19. The fraction of sp³-hybridized carbons (Fsp3) is 0.609. The summed E-state index contributed by atoms with van der Waals surface area (Å²) in [6.07, 6.45) is -11.7. The van der Waals surface area contributed by atoms with E-state index in [0.717, 1.165) is 11.3 Å². The van der Waals surface area contributed by atoms with E-state index in [0.29, 0.717) is 13.1 Å². The summed E-state index contributed by atoms with van der Waals surface area (Å²) >= 11 is 1.03. The minimum absolute atomic E-state index is 0.0379. The number of sulfonamides is 1. The summed E-state index contributed by atoms with van der Waals surface area (Å²) in [6.45, 7) is 4.38. The second kappa shape index (κ2) is 11.3. The number of amides is 1. The number of thiophene rings is 1. The number of hydrogen-bond acceptors (Lipinski definition) is 9. The second-order valence-corrected chi connectivity index (χ2v) is 13.2. The normalized spacial score (nSPS) is 22.3. The van der Waals surface area contributed by atoms with Gasteiger partial charge < -0.3 is 15.3 Å². The Labute approximate surface area is 236 Å². The van der Waals surface area contributed by atoms with Crippen LogP contribution in [0.1, 0.15) is 19.4 Å². The lowest BCUT2D eigenvalue weighted by atomic mass is 9.95. The van der Waals surface area contributed by atoms with Gasteiger partial charge in [0.2, 0.25) is 11.9 Å². The molecule has 0 saturated carbocycles. The highest BCUT2D eigenvalue weighted by Gasteiger charge is 2.71. The monoisotopic (exact) mass is 630 g/mol. The Morgan fingerprint density at radius 1 is 1.10 bits per heavy atom. The molecule has 2 N–H and O–H groups in total. The molecule has 0 spiro atoms. The Hall–Kier alpha value is -2.54. The minimum atomic E-state index is -6.10. The standard InChI is InChI=1S/C23H28F6N6O4S2/c1-14(2)18-19(36)30-5-6-33(18)12-16-13-34(41(38,39)17-4-3-9-40-17)7-8-35(16)20-31-10-15(11-32-20)21(37,22(24,25)26)23(27,28)29/h3-4,9-11,14,16,18,37H,5-8,12-13H2,1-2H3,(H,30,36). The summed E-state index contributed by atoms with van der Waals surface area (Å²) in [5, 5.41) is 14.1. The van der Waals surface area contributed by atoms with Gasteiger partial charge in [-0.1, -0.05) is 19.9 Å². The molecule has 4 rings (SSSR count). The van der Waals surface area contributed by atoms with Crippen molar-refractivity contribution in [1.29, 1.82) is 0 Å². The maximum Gasteiger partial charge on any atom is 0.430 e. The van der Waals surface area contributed by atoms with Crippen LogP contribution in [0.15, 0.2) is 34.1 Å². The quantitative estimate of drug-likeness (QED) is 0.448. The first-order valence-electron chi connectivity index (χ1n) is 12.5. The first kappa shape index (κ1) is 31.4. The number of alkyl halides is 6. The summed E-state index contributed by atoms with van der Waals surface area (Å²) < 4.78 is 108. The lowest BCUT2D eigenvalue weighted by Crippen LogP contribution is -2.64. The Balaban J connectivity index is 1.68. The van der Waals surface area contributed by atoms with E-state index in [2.05, 4.69) is 15.3 Å². The van der Waals surface area contributed by atoms with Gasteiger partial charge in [-0.05, 0) is 17.4 Å². The van der Waals surface area contributed by atoms with Crippen LogP contribution in [0.5, 0.6) is 0 Å². The van der Waals surface area contributed by atoms with Gasteiger partial charge in [0.25, 0.3) is 15.6 Å². The van der Waals surface area contributed by atoms with Gasteiger partial charge in [0.15, 0.2) is 0 Å². The van der Waals surface area contributed by atoms with Crippen LogP contribution in [-0.2, 0) is 20.4 Å². The number of aliphatic hydroxyl groups is 1. The average molecular weight is 631 g/mol. The molecule has 41 heavy (non-hydrogen) atoms. The van der Waals surface area contributed by atoms with E-state index >= 15 is 0 Å². The number of anilines is 1. The Bertz CT molecular complexity index is 1310. The van der Waals surface area contributed by atoms with E-state index in [-0.39, 0.29) is 60.6 Å². The van der Waals surface area contributed by atoms with Crippen molar-refractivity contribution in [3.63, 3.8) is 0 Å². The zero-order valence-corrected chi connectivity index (χ0v) is 23.5. The fourth-order valence-corrected chi connectivity index (χ4v) is 7.69. The third-order valence-electron chi connectivity index (χ3n) is 7.11. The first-order chi connectivity index (χ1) is 19.0. The van der Waals surface area contributed by atoms with Gasteiger partial charge >= 0.3 is 12.4 Å². The molecule has 2 aromatic heterocycles. The number of carbonyl (C=O) groups is 1. The molecule has 2 unspecified atom stereocenters. The molecule has 2 saturated heterocycles. The highest BCUT2D eigenvalue weighted by molar-refractivity contribution is 7.91. The minimum Gasteiger partial charge on any atom is -0.369 e. The Morgan fingerprint density at radius 2 is 1.73 bits per heavy atom. The molecule has 228 valence electrons. The summed E-state index contributed by atoms with van der Waals surface area (Å²) in [5.74, 6) is -0.576. The van der Waals surface area contributed by atoms with Crippen LogP contribution in [0.3, 0.4) is 0 Å². The van der Waals surface area contributed by atoms with Crippen LogP contribution in [0.2, 0.25) is 0 Å². The Morgan fingerprint density at radius 3 is 2.27 bits per heavy atom. The molecule has 18 heteroatoms. The van der Waals surface area contributed by atoms with Gasteiger partial charge in [-0.3, -0.25) is 9.69 Å². The van der Waals surface area contributed by atoms with Crippen LogP contribution in [0, 0.1) is 5.92 Å². The number of piperazine rings is 2. The smallest absolute Gasteiger partial charge is 0.369 e. The molecule has 0 radical (unpaired) electrons. The van der Waals surface area contributed by atoms with Gasteiger partial charge in [-0.2, -0.15) is 30.6 Å². The van der Waals surface area contributed by atoms with Gasteiger partial charge in [0, 0.05) is 57.2 Å². The zero-order valence-electron chi connectivity index (χ0n) is 21.9. The molecule has 2 fully saturated rings. The van der Waals surface area contributed by atoms with Crippen molar-refractivity contribution in [3.05, 3.63) is 35.5 Å². The maximum atomic E-state index is 13.3. The lowest BCUT2D eigenvalue weighted by molar-refractivity contribution is -0.376. The van der Waals surface area contributed by atoms with E-state index < -0.39 is 45.6 Å². The SMILES string of the molecule is CC(C)C1C(=O)NCCN1CC1CN(S(=O)(=O)c2cccs2)CCN1c1ncc(C(O)(C(F)(F)F)C(F)(F)F)cn1. The fourth-order valence-electron chi connectivity index (χ4n) is 5.08. The molecule has 2 atom stereocenters. The topological polar surface area (TPSA) is 119 Å². The molecule has 4 heterocycles. The van der Waals surface area contributed by atoms with Crippen LogP contribution < -0.4 is 10.2 Å². The van der Waals surface area contributed by atoms with E-state index in [1.54, 1.807) is 11.4 Å². The second-order valence-electron chi connectivity index (χ2n) is 10.1. The lowest BCUT2D eigenvalue weighted by Gasteiger charge is -2.45. The van der Waals surface area contributed by atoms with Crippen LogP contribution >= 0.6 is 11.3 Å². The van der Waals surface area contributed by atoms with Gasteiger partial charge in [0.1, 0.15) is 4.21 Å². The molecule has 2 aliphatic rings. The van der Waals surface area contributed by atoms with Gasteiger partial charge in [-0.25, -0.2) is 18.4 Å². The predicted molar refractivity (Wildman–Crippen MR) is 135 cm³/mol. The van der Waals surface area contributed by atoms with Crippen molar-refractivity contribution >= 4 is 33.2 Å². The molecular formula is C23H28F6N6O4S2. The number of nitrogens with one attached hydrogen (secondary N) is 1. The summed E-state index contributed by atoms with van der Waals surface area (Å²) in [4.78, 5) is 23.4. The highest BCUT2D eigenvalue weighted by atomic mass is 32.2. The largest absolute Gasteiger partial charge is 0.430 e. The highest BCUT2D eigenvalue weighted by Crippen LogP contribution is 2.49. The Kier molecular flexibility index (Phi) is 8.63. The number of nitrogens with zero attached hydrogens (tertiary/aromatic N) is 5. The molecule has 2 aliphatic heterocycles. The molecule has 1 amide bonds. The number of aromatic nitrogens is 2. The van der Waals surface area contributed by atoms with Crippen molar-refractivity contribution in [2.45, 2.75) is 48.1 Å². The molecule has 0 aliphatic carbocycles. The third kappa shape index (κ3) is 5.89. The van der Waals surface area contributed by atoms with Crippen molar-refractivity contribution in [1.82, 2.24) is 24.5 Å². The number of rotatable bonds is 7. The molecule has 0 aromatic carbocycles. The van der Waals surface area contributed by atoms with Gasteiger partial charge in [-0.15, -0.1) is 11.3 Å². The number of carbonyl (C=O) groups excluding carboxylic acids is 1. The molecular weight excluding hydrogens is 602 g/mol. The molecule has 2 aromatic rings. The van der Waals surface area contributed by atoms with Crippen LogP contribution in [-0.4, -0.2) is 102 Å². The summed E-state index contributed by atoms with van der Waals surface area (Å²) in [7, 11) is -3.89. The van der Waals surface area contributed by atoms with E-state index in [9.17, 15) is 44.7 Å². The van der Waals surface area contributed by atoms with E-state index in [4.69, 9.17) is 0 Å². The van der Waals surface area contributed by atoms with E-state index in [1.165, 1.54) is 15.3 Å². The summed E-state index contributed by atoms with van der Waals surface area (Å²) in [6, 6.07) is 1.77. The van der Waals surface area contributed by atoms with Gasteiger partial charge in [0.05, 0.1) is 12.1 Å². The molecule has 10 nitrogen and oxygen atoms in total. The van der Waals surface area contributed by atoms with Crippen molar-refractivity contribution in [2.75, 3.05) is 44.2 Å². The van der Waals surface area contributed by atoms with Crippen molar-refractivity contribution in [2.24, 2.45) is 5.92 Å². The number of hydrogen-bond donors (Lipinski definition) is 2. The third-order valence-corrected chi connectivity index (χ3v) is 10.3. The van der Waals surface area contributed by atoms with Crippen molar-refractivity contribution < 1.29 is 44.7 Å².